The fourth-order valence-electron chi connectivity index (χ4n) is 2.37. The maximum absolute atomic E-state index is 12.4. The monoisotopic (exact) mass is 337 g/mol. The van der Waals surface area contributed by atoms with E-state index in [2.05, 4.69) is 10.2 Å². The molecular weight excluding hydrogens is 318 g/mol. The summed E-state index contributed by atoms with van der Waals surface area (Å²) in [4.78, 5) is 14.1. The number of carbonyl (C=O) groups is 1. The van der Waals surface area contributed by atoms with Gasteiger partial charge in [-0.25, -0.2) is 0 Å². The third kappa shape index (κ3) is 3.92. The molecule has 0 aromatic heterocycles. The van der Waals surface area contributed by atoms with Gasteiger partial charge in [-0.3, -0.25) is 9.69 Å². The maximum atomic E-state index is 12.4. The van der Waals surface area contributed by atoms with E-state index in [0.29, 0.717) is 11.7 Å². The molecule has 3 rings (SSSR count). The smallest absolute Gasteiger partial charge is 0.242 e. The maximum Gasteiger partial charge on any atom is 0.242 e. The molecule has 1 atom stereocenters. The fraction of sp³-hybridized carbons (Fsp3) is 0.211. The Labute approximate surface area is 146 Å². The predicted octanol–water partition coefficient (Wildman–Crippen LogP) is 3.85. The van der Waals surface area contributed by atoms with Gasteiger partial charge in [0.05, 0.1) is 18.0 Å². The van der Waals surface area contributed by atoms with Crippen molar-refractivity contribution in [1.82, 2.24) is 4.90 Å². The largest absolute Gasteiger partial charge is 0.284 e. The van der Waals surface area contributed by atoms with Crippen molar-refractivity contribution in [3.63, 3.8) is 0 Å². The van der Waals surface area contributed by atoms with E-state index in [-0.39, 0.29) is 11.2 Å². The summed E-state index contributed by atoms with van der Waals surface area (Å²) in [7, 11) is 0. The summed E-state index contributed by atoms with van der Waals surface area (Å²) in [5, 5.41) is 8.97. The molecular formula is C19H19N3OS. The van der Waals surface area contributed by atoms with Crippen LogP contribution in [-0.4, -0.2) is 27.4 Å². The van der Waals surface area contributed by atoms with Gasteiger partial charge in [0.2, 0.25) is 5.91 Å². The van der Waals surface area contributed by atoms with Crippen molar-refractivity contribution in [3.05, 3.63) is 71.3 Å². The Hall–Kier alpha value is -2.40. The summed E-state index contributed by atoms with van der Waals surface area (Å²) < 4.78 is 0. The lowest BCUT2D eigenvalue weighted by atomic mass is 10.2. The van der Waals surface area contributed by atoms with Crippen molar-refractivity contribution in [3.8, 4) is 0 Å². The first kappa shape index (κ1) is 16.5. The van der Waals surface area contributed by atoms with Gasteiger partial charge in [-0.2, -0.15) is 5.10 Å². The highest BCUT2D eigenvalue weighted by Gasteiger charge is 2.35. The second-order valence-electron chi connectivity index (χ2n) is 5.71. The number of carbonyl (C=O) groups excluding carboxylic acids is 1. The van der Waals surface area contributed by atoms with Crippen LogP contribution in [0, 0.1) is 6.92 Å². The number of benzene rings is 2. The predicted molar refractivity (Wildman–Crippen MR) is 100 cm³/mol. The molecule has 0 N–H and O–H groups in total. The number of rotatable bonds is 4. The molecule has 4 nitrogen and oxygen atoms in total. The second-order valence-corrected chi connectivity index (χ2v) is 7.02. The quantitative estimate of drug-likeness (QED) is 0.628. The molecule has 122 valence electrons. The van der Waals surface area contributed by atoms with Crippen LogP contribution in [0.25, 0.3) is 0 Å². The number of amidine groups is 1. The van der Waals surface area contributed by atoms with E-state index >= 15 is 0 Å². The number of aryl methyl sites for hydroxylation is 1. The van der Waals surface area contributed by atoms with Crippen LogP contribution in [0.4, 0.5) is 0 Å². The van der Waals surface area contributed by atoms with Crippen molar-refractivity contribution < 1.29 is 4.79 Å². The van der Waals surface area contributed by atoms with Gasteiger partial charge in [-0.15, -0.1) is 5.10 Å². The summed E-state index contributed by atoms with van der Waals surface area (Å²) in [6, 6.07) is 18.0. The number of amides is 1. The average Bonchev–Trinajstić information content (AvgIpc) is 2.85. The topological polar surface area (TPSA) is 45.0 Å². The zero-order chi connectivity index (χ0) is 16.9. The van der Waals surface area contributed by atoms with E-state index in [1.165, 1.54) is 17.3 Å². The lowest BCUT2D eigenvalue weighted by Gasteiger charge is -2.15. The van der Waals surface area contributed by atoms with Gasteiger partial charge >= 0.3 is 0 Å². The third-order valence-corrected chi connectivity index (χ3v) is 4.81. The molecule has 0 aliphatic carbocycles. The molecule has 0 radical (unpaired) electrons. The van der Waals surface area contributed by atoms with Crippen molar-refractivity contribution in [1.29, 1.82) is 0 Å². The fourth-order valence-corrected chi connectivity index (χ4v) is 3.29. The van der Waals surface area contributed by atoms with Gasteiger partial charge in [-0.05, 0) is 25.0 Å². The molecule has 1 fully saturated rings. The number of nitrogens with zero attached hydrogens (tertiary/aromatic N) is 3. The summed E-state index contributed by atoms with van der Waals surface area (Å²) in [6.45, 7) is 4.47. The van der Waals surface area contributed by atoms with E-state index in [9.17, 15) is 4.79 Å². The SMILES string of the molecule is Cc1ccc(C=NN=C2SC(C)C(=O)N2Cc2ccccc2)cc1. The Bertz CT molecular complexity index is 769. The minimum absolute atomic E-state index is 0.0770. The molecule has 1 aliphatic heterocycles. The van der Waals surface area contributed by atoms with Crippen LogP contribution < -0.4 is 0 Å². The molecule has 0 saturated carbocycles. The van der Waals surface area contributed by atoms with E-state index in [4.69, 9.17) is 0 Å². The Kier molecular flexibility index (Phi) is 5.11. The number of hydrogen-bond donors (Lipinski definition) is 0. The van der Waals surface area contributed by atoms with Crippen LogP contribution in [0.2, 0.25) is 0 Å². The highest BCUT2D eigenvalue weighted by molar-refractivity contribution is 8.15. The minimum atomic E-state index is -0.123. The van der Waals surface area contributed by atoms with Crippen LogP contribution in [0.3, 0.4) is 0 Å². The van der Waals surface area contributed by atoms with E-state index < -0.39 is 0 Å². The highest BCUT2D eigenvalue weighted by Crippen LogP contribution is 2.28. The lowest BCUT2D eigenvalue weighted by Crippen LogP contribution is -2.30. The van der Waals surface area contributed by atoms with Crippen molar-refractivity contribution in [2.24, 2.45) is 10.2 Å². The standard InChI is InChI=1S/C19H19N3OS/c1-14-8-10-16(11-9-14)12-20-21-19-22(18(23)15(2)24-19)13-17-6-4-3-5-7-17/h3-12,15H,13H2,1-2H3. The molecule has 1 unspecified atom stereocenters. The van der Waals surface area contributed by atoms with Crippen molar-refractivity contribution in [2.45, 2.75) is 25.6 Å². The van der Waals surface area contributed by atoms with Gasteiger partial charge < -0.3 is 0 Å². The summed E-state index contributed by atoms with van der Waals surface area (Å²) in [5.41, 5.74) is 3.27. The van der Waals surface area contributed by atoms with Crippen LogP contribution >= 0.6 is 11.8 Å². The third-order valence-electron chi connectivity index (χ3n) is 3.74. The first-order chi connectivity index (χ1) is 11.6. The number of hydrogen-bond acceptors (Lipinski definition) is 4. The first-order valence-corrected chi connectivity index (χ1v) is 8.71. The van der Waals surface area contributed by atoms with Gasteiger partial charge in [0.25, 0.3) is 0 Å². The Morgan fingerprint density at radius 1 is 1.12 bits per heavy atom. The molecule has 0 spiro atoms. The molecule has 1 heterocycles. The van der Waals surface area contributed by atoms with Crippen molar-refractivity contribution in [2.75, 3.05) is 0 Å². The van der Waals surface area contributed by atoms with Gasteiger partial charge in [0.15, 0.2) is 5.17 Å². The Balaban J connectivity index is 1.76. The van der Waals surface area contributed by atoms with E-state index in [1.807, 2.05) is 68.4 Å². The van der Waals surface area contributed by atoms with Gasteiger partial charge in [0.1, 0.15) is 0 Å². The summed E-state index contributed by atoms with van der Waals surface area (Å²) >= 11 is 1.45. The summed E-state index contributed by atoms with van der Waals surface area (Å²) in [6.07, 6.45) is 1.71. The molecule has 2 aromatic rings. The van der Waals surface area contributed by atoms with E-state index in [0.717, 1.165) is 11.1 Å². The highest BCUT2D eigenvalue weighted by atomic mass is 32.2. The second kappa shape index (κ2) is 7.45. The normalized spacial score (nSPS) is 19.6. The zero-order valence-corrected chi connectivity index (χ0v) is 14.5. The van der Waals surface area contributed by atoms with Crippen LogP contribution in [0.5, 0.6) is 0 Å². The summed E-state index contributed by atoms with van der Waals surface area (Å²) in [5.74, 6) is 0.0770. The van der Waals surface area contributed by atoms with Crippen LogP contribution in [0.15, 0.2) is 64.8 Å². The Morgan fingerprint density at radius 3 is 2.54 bits per heavy atom. The average molecular weight is 337 g/mol. The molecule has 1 saturated heterocycles. The molecule has 0 bridgehead atoms. The van der Waals surface area contributed by atoms with Crippen LogP contribution in [-0.2, 0) is 11.3 Å². The van der Waals surface area contributed by atoms with Gasteiger partial charge in [0, 0.05) is 0 Å². The van der Waals surface area contributed by atoms with E-state index in [1.54, 1.807) is 11.1 Å². The van der Waals surface area contributed by atoms with Crippen LogP contribution in [0.1, 0.15) is 23.6 Å². The molecule has 24 heavy (non-hydrogen) atoms. The first-order valence-electron chi connectivity index (χ1n) is 7.83. The minimum Gasteiger partial charge on any atom is -0.284 e. The molecule has 1 amide bonds. The Morgan fingerprint density at radius 2 is 1.83 bits per heavy atom. The molecule has 1 aliphatic rings. The molecule has 2 aromatic carbocycles. The van der Waals surface area contributed by atoms with Gasteiger partial charge in [-0.1, -0.05) is 71.9 Å². The number of thioether (sulfide) groups is 1. The molecule has 5 heteroatoms. The van der Waals surface area contributed by atoms with Crippen molar-refractivity contribution >= 4 is 29.1 Å². The lowest BCUT2D eigenvalue weighted by molar-refractivity contribution is -0.126. The zero-order valence-electron chi connectivity index (χ0n) is 13.7.